The molecule has 2 amide bonds. The van der Waals surface area contributed by atoms with Gasteiger partial charge in [0.1, 0.15) is 5.60 Å². The molecule has 0 saturated heterocycles. The highest BCUT2D eigenvalue weighted by Crippen LogP contribution is 2.37. The second-order valence-corrected chi connectivity index (χ2v) is 13.8. The van der Waals surface area contributed by atoms with Crippen LogP contribution in [0.15, 0.2) is 59.8 Å². The minimum absolute atomic E-state index is 0.0357. The van der Waals surface area contributed by atoms with E-state index in [-0.39, 0.29) is 52.3 Å². The van der Waals surface area contributed by atoms with Crippen LogP contribution in [0, 0.1) is 0 Å². The van der Waals surface area contributed by atoms with Crippen LogP contribution in [0.5, 0.6) is 11.5 Å². The summed E-state index contributed by atoms with van der Waals surface area (Å²) in [4.78, 5) is 37.9. The molecule has 0 bridgehead atoms. The molecule has 3 aromatic carbocycles. The second kappa shape index (κ2) is 17.5. The Morgan fingerprint density at radius 2 is 1.71 bits per heavy atom. The minimum atomic E-state index is -4.50. The number of halogens is 1. The molecule has 0 saturated carbocycles. The number of amides is 2. The predicted molar refractivity (Wildman–Crippen MR) is 192 cm³/mol. The number of hydrogen-bond acceptors (Lipinski definition) is 12. The van der Waals surface area contributed by atoms with E-state index in [1.807, 2.05) is 0 Å². The van der Waals surface area contributed by atoms with Gasteiger partial charge in [-0.1, -0.05) is 16.8 Å². The molecule has 0 radical (unpaired) electrons. The molecule has 0 spiro atoms. The Labute approximate surface area is 300 Å². The summed E-state index contributed by atoms with van der Waals surface area (Å²) >= 11 is 6.25. The molecular formula is C33H41ClN6O10S. The summed E-state index contributed by atoms with van der Waals surface area (Å²) < 4.78 is 51.7. The van der Waals surface area contributed by atoms with E-state index in [0.29, 0.717) is 16.9 Å². The van der Waals surface area contributed by atoms with Gasteiger partial charge in [0, 0.05) is 40.1 Å². The minimum Gasteiger partial charge on any atom is -0.487 e. The van der Waals surface area contributed by atoms with Crippen LogP contribution in [0.3, 0.4) is 0 Å². The first kappa shape index (κ1) is 40.0. The second-order valence-electron chi connectivity index (χ2n) is 12.0. The number of hydrogen-bond donors (Lipinski definition) is 6. The number of amidine groups is 1. The first-order valence-electron chi connectivity index (χ1n) is 15.5. The Hall–Kier alpha value is -5.42. The number of nitrogens with zero attached hydrogens (tertiary/aromatic N) is 1. The topological polar surface area (TPSA) is 229 Å². The van der Waals surface area contributed by atoms with Crippen LogP contribution in [0.2, 0.25) is 5.02 Å². The Balaban J connectivity index is 1.99. The van der Waals surface area contributed by atoms with Crippen LogP contribution >= 0.6 is 11.6 Å². The number of nitrogens with two attached hydrogens (primary N) is 1. The normalized spacial score (nSPS) is 11.7. The number of anilines is 3. The van der Waals surface area contributed by atoms with E-state index in [4.69, 9.17) is 41.5 Å². The molecule has 0 atom stereocenters. The number of esters is 1. The van der Waals surface area contributed by atoms with Crippen molar-refractivity contribution in [3.05, 3.63) is 76.3 Å². The average molecular weight is 749 g/mol. The molecule has 7 N–H and O–H groups in total. The molecule has 276 valence electrons. The fraction of sp³-hybridized carbons (Fsp3) is 0.333. The molecule has 0 aromatic heterocycles. The smallest absolute Gasteiger partial charge is 0.422 e. The van der Waals surface area contributed by atoms with E-state index < -0.39 is 46.5 Å². The SMILES string of the molecule is CCOC(=O)COc1c(CNc2ccc(Cl)cc2C(=O)Nc2ccc(/C(N)=N/O)cc2)cc(NS(=O)(=O)NC(=O)OC(C)(C)C)cc1OC(C)C. The summed E-state index contributed by atoms with van der Waals surface area (Å²) in [6.45, 7) is 9.37. The van der Waals surface area contributed by atoms with Crippen LogP contribution in [-0.2, 0) is 31.0 Å². The fourth-order valence-corrected chi connectivity index (χ4v) is 5.22. The Morgan fingerprint density at radius 1 is 1.02 bits per heavy atom. The lowest BCUT2D eigenvalue weighted by atomic mass is 10.1. The molecule has 0 fully saturated rings. The number of oxime groups is 1. The highest BCUT2D eigenvalue weighted by molar-refractivity contribution is 7.91. The number of nitrogens with one attached hydrogen (secondary N) is 4. The predicted octanol–water partition coefficient (Wildman–Crippen LogP) is 5.21. The lowest BCUT2D eigenvalue weighted by Gasteiger charge is -2.22. The molecule has 0 aliphatic heterocycles. The van der Waals surface area contributed by atoms with Gasteiger partial charge >= 0.3 is 22.3 Å². The molecule has 18 heteroatoms. The van der Waals surface area contributed by atoms with Gasteiger partial charge in [-0.2, -0.15) is 8.42 Å². The molecule has 3 aromatic rings. The lowest BCUT2D eigenvalue weighted by Crippen LogP contribution is -2.39. The average Bonchev–Trinajstić information content (AvgIpc) is 3.02. The zero-order valence-corrected chi connectivity index (χ0v) is 30.4. The summed E-state index contributed by atoms with van der Waals surface area (Å²) in [5.41, 5.74) is 6.23. The summed E-state index contributed by atoms with van der Waals surface area (Å²) in [7, 11) is -4.50. The van der Waals surface area contributed by atoms with Crippen molar-refractivity contribution in [2.24, 2.45) is 10.9 Å². The Kier molecular flexibility index (Phi) is 13.7. The molecule has 0 aliphatic carbocycles. The van der Waals surface area contributed by atoms with Crippen molar-refractivity contribution in [2.45, 2.75) is 59.8 Å². The number of carbonyl (C=O) groups is 3. The zero-order chi connectivity index (χ0) is 37.9. The molecule has 3 rings (SSSR count). The van der Waals surface area contributed by atoms with E-state index in [1.54, 1.807) is 82.7 Å². The highest BCUT2D eigenvalue weighted by Gasteiger charge is 2.24. The van der Waals surface area contributed by atoms with E-state index in [9.17, 15) is 22.8 Å². The van der Waals surface area contributed by atoms with Gasteiger partial charge in [0.15, 0.2) is 23.9 Å². The molecule has 0 unspecified atom stereocenters. The maximum absolute atomic E-state index is 13.4. The van der Waals surface area contributed by atoms with Crippen molar-refractivity contribution in [1.29, 1.82) is 0 Å². The quantitative estimate of drug-likeness (QED) is 0.0387. The third kappa shape index (κ3) is 12.8. The first-order valence-corrected chi connectivity index (χ1v) is 17.3. The van der Waals surface area contributed by atoms with Gasteiger partial charge in [0.2, 0.25) is 0 Å². The summed E-state index contributed by atoms with van der Waals surface area (Å²) in [6.07, 6.45) is -1.62. The summed E-state index contributed by atoms with van der Waals surface area (Å²) in [6, 6.07) is 13.5. The van der Waals surface area contributed by atoms with Crippen molar-refractivity contribution < 1.29 is 47.0 Å². The number of rotatable bonds is 15. The third-order valence-corrected chi connectivity index (χ3v) is 7.42. The van der Waals surface area contributed by atoms with Gasteiger partial charge in [0.05, 0.1) is 24.0 Å². The van der Waals surface area contributed by atoms with Crippen LogP contribution in [0.4, 0.5) is 21.9 Å². The lowest BCUT2D eigenvalue weighted by molar-refractivity contribution is -0.145. The van der Waals surface area contributed by atoms with Gasteiger partial charge in [-0.05, 0) is 90.1 Å². The largest absolute Gasteiger partial charge is 0.487 e. The number of ether oxygens (including phenoxy) is 4. The van der Waals surface area contributed by atoms with Gasteiger partial charge in [0.25, 0.3) is 5.91 Å². The first-order chi connectivity index (χ1) is 23.9. The van der Waals surface area contributed by atoms with Gasteiger partial charge < -0.3 is 40.5 Å². The van der Waals surface area contributed by atoms with Gasteiger partial charge in [-0.25, -0.2) is 14.3 Å². The van der Waals surface area contributed by atoms with Crippen LogP contribution < -0.4 is 35.3 Å². The van der Waals surface area contributed by atoms with Crippen molar-refractivity contribution in [1.82, 2.24) is 4.72 Å². The van der Waals surface area contributed by atoms with Crippen molar-refractivity contribution in [3.63, 3.8) is 0 Å². The molecule has 51 heavy (non-hydrogen) atoms. The fourth-order valence-electron chi connectivity index (χ4n) is 4.31. The highest BCUT2D eigenvalue weighted by atomic mass is 35.5. The van der Waals surface area contributed by atoms with Crippen LogP contribution in [-0.4, -0.2) is 62.3 Å². The summed E-state index contributed by atoms with van der Waals surface area (Å²) in [5.74, 6) is -1.15. The van der Waals surface area contributed by atoms with Gasteiger partial charge in [-0.3, -0.25) is 9.52 Å². The Morgan fingerprint density at radius 3 is 2.31 bits per heavy atom. The number of carbonyl (C=O) groups excluding carboxylic acids is 3. The third-order valence-electron chi connectivity index (χ3n) is 6.24. The molecule has 0 heterocycles. The Bertz CT molecular complexity index is 1860. The van der Waals surface area contributed by atoms with Crippen molar-refractivity contribution >= 4 is 62.7 Å². The molecule has 0 aliphatic rings. The van der Waals surface area contributed by atoms with E-state index in [1.165, 1.54) is 18.2 Å². The number of benzene rings is 3. The maximum atomic E-state index is 13.4. The maximum Gasteiger partial charge on any atom is 0.422 e. The monoisotopic (exact) mass is 748 g/mol. The van der Waals surface area contributed by atoms with E-state index >= 15 is 0 Å². The van der Waals surface area contributed by atoms with E-state index in [2.05, 4.69) is 20.5 Å². The standard InChI is InChI=1S/C33H41ClN6O10S/c1-7-47-28(41)18-48-29-21(14-24(16-27(29)49-19(2)3)39-51(45,46)40-32(43)50-33(4,5)6)17-36-26-13-10-22(34)15-25(26)31(42)37-23-11-8-20(9-12-23)30(35)38-44/h8-16,19,36,39,44H,7,17-18H2,1-6H3,(H2,35,38)(H,37,42)(H,40,43). The van der Waals surface area contributed by atoms with Crippen LogP contribution in [0.1, 0.15) is 63.0 Å². The van der Waals surface area contributed by atoms with E-state index in [0.717, 1.165) is 0 Å². The zero-order valence-electron chi connectivity index (χ0n) is 28.8. The van der Waals surface area contributed by atoms with Crippen molar-refractivity contribution in [2.75, 3.05) is 28.6 Å². The van der Waals surface area contributed by atoms with Crippen LogP contribution in [0.25, 0.3) is 0 Å². The van der Waals surface area contributed by atoms with Gasteiger partial charge in [-0.15, -0.1) is 0 Å². The summed E-state index contributed by atoms with van der Waals surface area (Å²) in [5, 5.41) is 18.0. The molecule has 16 nitrogen and oxygen atoms in total. The molecular weight excluding hydrogens is 708 g/mol. The van der Waals surface area contributed by atoms with Crippen molar-refractivity contribution in [3.8, 4) is 11.5 Å².